The van der Waals surface area contributed by atoms with Gasteiger partial charge in [0.1, 0.15) is 5.75 Å². The maximum atomic E-state index is 12.7. The molecule has 1 fully saturated rings. The molecule has 0 aliphatic carbocycles. The predicted octanol–water partition coefficient (Wildman–Crippen LogP) is 0.819. The molecule has 0 N–H and O–H groups in total. The van der Waals surface area contributed by atoms with Gasteiger partial charge in [0.15, 0.2) is 11.2 Å². The SMILES string of the molecule is CCOc1ccc(N2CC(C(=O)OCCCn3c(=O)c4c(ncn4C)n(C)c3=O)CC2=O)cc1. The van der Waals surface area contributed by atoms with Crippen molar-refractivity contribution < 1.29 is 19.1 Å². The number of carbonyl (C=O) groups is 2. The van der Waals surface area contributed by atoms with Crippen molar-refractivity contribution in [1.29, 1.82) is 0 Å². The van der Waals surface area contributed by atoms with Crippen LogP contribution in [0.4, 0.5) is 5.69 Å². The zero-order valence-corrected chi connectivity index (χ0v) is 19.4. The standard InChI is InChI=1S/C23H27N5O6/c1-4-33-17-8-6-16(7-9-17)28-13-15(12-18(28)29)22(31)34-11-5-10-27-21(30)19-20(24-14-25(19)2)26(3)23(27)32/h6-9,14-15H,4-5,10-13H2,1-3H3. The Morgan fingerprint density at radius 3 is 2.59 bits per heavy atom. The van der Waals surface area contributed by atoms with E-state index in [4.69, 9.17) is 9.47 Å². The van der Waals surface area contributed by atoms with Crippen molar-refractivity contribution in [2.45, 2.75) is 26.3 Å². The van der Waals surface area contributed by atoms with Crippen LogP contribution in [0.3, 0.4) is 0 Å². The molecule has 0 radical (unpaired) electrons. The molecule has 1 saturated heterocycles. The Kier molecular flexibility index (Phi) is 6.53. The highest BCUT2D eigenvalue weighted by atomic mass is 16.5. The first-order chi connectivity index (χ1) is 16.3. The minimum atomic E-state index is -0.569. The second-order valence-corrected chi connectivity index (χ2v) is 8.18. The van der Waals surface area contributed by atoms with Crippen LogP contribution in [0.5, 0.6) is 5.75 Å². The van der Waals surface area contributed by atoms with Gasteiger partial charge < -0.3 is 18.9 Å². The third kappa shape index (κ3) is 4.33. The molecule has 180 valence electrons. The molecule has 1 aliphatic heterocycles. The molecule has 3 heterocycles. The second kappa shape index (κ2) is 9.54. The quantitative estimate of drug-likeness (QED) is 0.354. The van der Waals surface area contributed by atoms with E-state index in [1.165, 1.54) is 10.9 Å². The van der Waals surface area contributed by atoms with E-state index in [2.05, 4.69) is 4.98 Å². The molecule has 0 spiro atoms. The van der Waals surface area contributed by atoms with Crippen LogP contribution >= 0.6 is 0 Å². The van der Waals surface area contributed by atoms with Crippen molar-refractivity contribution in [1.82, 2.24) is 18.7 Å². The van der Waals surface area contributed by atoms with Crippen molar-refractivity contribution in [3.8, 4) is 5.75 Å². The fourth-order valence-electron chi connectivity index (χ4n) is 4.11. The number of carbonyl (C=O) groups excluding carboxylic acids is 2. The summed E-state index contributed by atoms with van der Waals surface area (Å²) in [5.41, 5.74) is 0.442. The summed E-state index contributed by atoms with van der Waals surface area (Å²) in [5, 5.41) is 0. The Balaban J connectivity index is 1.33. The smallest absolute Gasteiger partial charge is 0.332 e. The van der Waals surface area contributed by atoms with Crippen LogP contribution in [0.2, 0.25) is 0 Å². The van der Waals surface area contributed by atoms with Crippen LogP contribution in [0.25, 0.3) is 11.2 Å². The average Bonchev–Trinajstić information content (AvgIpc) is 3.40. The number of imidazole rings is 1. The third-order valence-corrected chi connectivity index (χ3v) is 5.89. The number of aromatic nitrogens is 4. The lowest BCUT2D eigenvalue weighted by molar-refractivity contribution is -0.148. The Labute approximate surface area is 195 Å². The molecule has 3 aromatic rings. The topological polar surface area (TPSA) is 118 Å². The van der Waals surface area contributed by atoms with Gasteiger partial charge in [-0.1, -0.05) is 0 Å². The normalized spacial score (nSPS) is 15.8. The lowest BCUT2D eigenvalue weighted by atomic mass is 10.1. The molecule has 0 bridgehead atoms. The number of esters is 1. The Morgan fingerprint density at radius 2 is 1.88 bits per heavy atom. The lowest BCUT2D eigenvalue weighted by Gasteiger charge is -2.17. The fraction of sp³-hybridized carbons (Fsp3) is 0.435. The maximum Gasteiger partial charge on any atom is 0.332 e. The van der Waals surface area contributed by atoms with Crippen molar-refractivity contribution in [2.24, 2.45) is 20.0 Å². The van der Waals surface area contributed by atoms with Gasteiger partial charge in [-0.25, -0.2) is 9.78 Å². The average molecular weight is 469 g/mol. The van der Waals surface area contributed by atoms with Crippen LogP contribution < -0.4 is 20.9 Å². The number of anilines is 1. The monoisotopic (exact) mass is 469 g/mol. The molecular weight excluding hydrogens is 442 g/mol. The van der Waals surface area contributed by atoms with Gasteiger partial charge in [-0.15, -0.1) is 0 Å². The van der Waals surface area contributed by atoms with E-state index in [-0.39, 0.29) is 38.4 Å². The van der Waals surface area contributed by atoms with Gasteiger partial charge in [0.05, 0.1) is 25.5 Å². The summed E-state index contributed by atoms with van der Waals surface area (Å²) in [7, 11) is 3.24. The van der Waals surface area contributed by atoms with E-state index in [0.29, 0.717) is 29.2 Å². The molecule has 2 aromatic heterocycles. The fourth-order valence-corrected chi connectivity index (χ4v) is 4.11. The largest absolute Gasteiger partial charge is 0.494 e. The number of benzene rings is 1. The molecule has 11 heteroatoms. The van der Waals surface area contributed by atoms with Gasteiger partial charge in [-0.3, -0.25) is 23.5 Å². The molecule has 1 unspecified atom stereocenters. The summed E-state index contributed by atoms with van der Waals surface area (Å²) in [5.74, 6) is -0.472. The summed E-state index contributed by atoms with van der Waals surface area (Å²) in [6, 6.07) is 7.14. The molecule has 1 aliphatic rings. The van der Waals surface area contributed by atoms with E-state index in [0.717, 1.165) is 4.57 Å². The lowest BCUT2D eigenvalue weighted by Crippen LogP contribution is -2.39. The van der Waals surface area contributed by atoms with Crippen LogP contribution in [-0.4, -0.2) is 50.3 Å². The first-order valence-corrected chi connectivity index (χ1v) is 11.1. The van der Waals surface area contributed by atoms with Gasteiger partial charge in [0.25, 0.3) is 5.56 Å². The van der Waals surface area contributed by atoms with Crippen LogP contribution in [0, 0.1) is 5.92 Å². The molecule has 4 rings (SSSR count). The number of nitrogens with zero attached hydrogens (tertiary/aromatic N) is 5. The third-order valence-electron chi connectivity index (χ3n) is 5.89. The van der Waals surface area contributed by atoms with Crippen LogP contribution in [0.15, 0.2) is 40.2 Å². The van der Waals surface area contributed by atoms with Crippen molar-refractivity contribution >= 4 is 28.7 Å². The predicted molar refractivity (Wildman–Crippen MR) is 124 cm³/mol. The van der Waals surface area contributed by atoms with Gasteiger partial charge in [0.2, 0.25) is 5.91 Å². The number of hydrogen-bond acceptors (Lipinski definition) is 7. The van der Waals surface area contributed by atoms with E-state index >= 15 is 0 Å². The number of rotatable bonds is 8. The highest BCUT2D eigenvalue weighted by Crippen LogP contribution is 2.27. The molecule has 1 aromatic carbocycles. The Hall–Kier alpha value is -3.89. The van der Waals surface area contributed by atoms with E-state index in [1.807, 2.05) is 6.92 Å². The highest BCUT2D eigenvalue weighted by molar-refractivity contribution is 5.99. The first-order valence-electron chi connectivity index (χ1n) is 11.1. The van der Waals surface area contributed by atoms with Gasteiger partial charge in [0, 0.05) is 39.3 Å². The van der Waals surface area contributed by atoms with Crippen molar-refractivity contribution in [3.63, 3.8) is 0 Å². The summed E-state index contributed by atoms with van der Waals surface area (Å²) in [4.78, 5) is 55.9. The molecular formula is C23H27N5O6. The Morgan fingerprint density at radius 1 is 1.15 bits per heavy atom. The Bertz CT molecular complexity index is 1340. The number of hydrogen-bond donors (Lipinski definition) is 0. The minimum Gasteiger partial charge on any atom is -0.494 e. The van der Waals surface area contributed by atoms with E-state index < -0.39 is 23.1 Å². The second-order valence-electron chi connectivity index (χ2n) is 8.18. The summed E-state index contributed by atoms with van der Waals surface area (Å²) >= 11 is 0. The number of aryl methyl sites for hydroxylation is 2. The zero-order chi connectivity index (χ0) is 24.4. The molecule has 1 atom stereocenters. The molecule has 34 heavy (non-hydrogen) atoms. The van der Waals surface area contributed by atoms with Crippen molar-refractivity contribution in [3.05, 3.63) is 51.4 Å². The number of fused-ring (bicyclic) bond motifs is 1. The minimum absolute atomic E-state index is 0.0333. The van der Waals surface area contributed by atoms with Gasteiger partial charge >= 0.3 is 11.7 Å². The molecule has 1 amide bonds. The van der Waals surface area contributed by atoms with E-state index in [9.17, 15) is 19.2 Å². The van der Waals surface area contributed by atoms with Crippen LogP contribution in [0.1, 0.15) is 19.8 Å². The zero-order valence-electron chi connectivity index (χ0n) is 19.4. The van der Waals surface area contributed by atoms with E-state index in [1.54, 1.807) is 47.8 Å². The number of ether oxygens (including phenoxy) is 2. The first kappa shape index (κ1) is 23.3. The summed E-state index contributed by atoms with van der Waals surface area (Å²) < 4.78 is 14.8. The number of amides is 1. The van der Waals surface area contributed by atoms with Crippen LogP contribution in [-0.2, 0) is 35.0 Å². The molecule has 11 nitrogen and oxygen atoms in total. The van der Waals surface area contributed by atoms with Gasteiger partial charge in [-0.2, -0.15) is 0 Å². The summed E-state index contributed by atoms with van der Waals surface area (Å²) in [6.07, 6.45) is 1.84. The highest BCUT2D eigenvalue weighted by Gasteiger charge is 2.36. The molecule has 0 saturated carbocycles. The summed E-state index contributed by atoms with van der Waals surface area (Å²) in [6.45, 7) is 2.82. The maximum absolute atomic E-state index is 12.7. The van der Waals surface area contributed by atoms with Gasteiger partial charge in [-0.05, 0) is 37.6 Å². The van der Waals surface area contributed by atoms with Crippen molar-refractivity contribution in [2.75, 3.05) is 24.7 Å².